The smallest absolute Gasteiger partial charge is 0.323 e. The number of esters is 1. The van der Waals surface area contributed by atoms with Crippen molar-refractivity contribution >= 4 is 42.1 Å². The number of fused-ring (bicyclic) bond motifs is 2. The number of rotatable bonds is 6. The zero-order valence-corrected chi connectivity index (χ0v) is 17.8. The van der Waals surface area contributed by atoms with Gasteiger partial charge in [-0.15, -0.1) is 0 Å². The zero-order chi connectivity index (χ0) is 22.0. The summed E-state index contributed by atoms with van der Waals surface area (Å²) in [5.74, 6) is -0.914. The second-order valence-electron chi connectivity index (χ2n) is 7.91. The standard InChI is InChI=1S/C16H22ClN6O6P/c1-6(14(26)29-2)22-30(27,28)4-16-3-7(16)9(10(24)11(16)25)23-5-19-8-12(18)20-15(17)21-13(8)23/h5-7,9-11,24-25H,3-4H2,1-2H3,(H2,18,20,21)(H2,22,27,28)/t6?,7-,9-,10+,11+,16-/m1/s1. The molecule has 2 heterocycles. The minimum Gasteiger partial charge on any atom is -0.468 e. The van der Waals surface area contributed by atoms with Gasteiger partial charge in [-0.25, -0.2) is 10.1 Å². The summed E-state index contributed by atoms with van der Waals surface area (Å²) in [6, 6.07) is -1.65. The number of hydrogen-bond acceptors (Lipinski definition) is 9. The number of nitrogens with zero attached hydrogens (tertiary/aromatic N) is 4. The molecule has 14 heteroatoms. The number of carbonyl (C=O) groups excluding carboxylic acids is 1. The lowest BCUT2D eigenvalue weighted by molar-refractivity contribution is -0.142. The van der Waals surface area contributed by atoms with Gasteiger partial charge in [0.15, 0.2) is 11.5 Å². The van der Waals surface area contributed by atoms with Gasteiger partial charge in [0, 0.05) is 11.6 Å². The van der Waals surface area contributed by atoms with E-state index in [1.807, 2.05) is 0 Å². The number of nitrogens with one attached hydrogen (secondary N) is 1. The number of hydrogen-bond donors (Lipinski definition) is 5. The molecule has 2 saturated carbocycles. The molecule has 0 aliphatic heterocycles. The first-order valence-corrected chi connectivity index (χ1v) is 11.4. The Morgan fingerprint density at radius 2 is 2.23 bits per heavy atom. The van der Waals surface area contributed by atoms with Crippen LogP contribution in [0.25, 0.3) is 11.2 Å². The Balaban J connectivity index is 1.61. The monoisotopic (exact) mass is 460 g/mol. The first-order valence-electron chi connectivity index (χ1n) is 9.20. The van der Waals surface area contributed by atoms with E-state index in [-0.39, 0.29) is 23.2 Å². The van der Waals surface area contributed by atoms with Crippen LogP contribution in [0.5, 0.6) is 0 Å². The number of carbonyl (C=O) groups is 1. The van der Waals surface area contributed by atoms with Crippen LogP contribution < -0.4 is 10.8 Å². The number of anilines is 1. The van der Waals surface area contributed by atoms with Gasteiger partial charge in [-0.1, -0.05) is 0 Å². The molecule has 7 atom stereocenters. The van der Waals surface area contributed by atoms with E-state index in [2.05, 4.69) is 24.8 Å². The molecule has 0 aromatic carbocycles. The normalized spacial score (nSPS) is 33.1. The molecular weight excluding hydrogens is 439 g/mol. The fourth-order valence-electron chi connectivity index (χ4n) is 4.66. The van der Waals surface area contributed by atoms with Gasteiger partial charge in [-0.05, 0) is 30.9 Å². The Kier molecular flexibility index (Phi) is 5.08. The van der Waals surface area contributed by atoms with Crippen LogP contribution in [0.15, 0.2) is 6.33 Å². The fraction of sp³-hybridized carbons (Fsp3) is 0.625. The Bertz CT molecular complexity index is 1070. The van der Waals surface area contributed by atoms with E-state index in [1.165, 1.54) is 20.4 Å². The number of aromatic nitrogens is 4. The van der Waals surface area contributed by atoms with Gasteiger partial charge in [0.25, 0.3) is 7.52 Å². The Labute approximate surface area is 175 Å². The van der Waals surface area contributed by atoms with Crippen molar-refractivity contribution in [3.05, 3.63) is 11.6 Å². The van der Waals surface area contributed by atoms with Crippen LogP contribution in [0.2, 0.25) is 5.28 Å². The van der Waals surface area contributed by atoms with Gasteiger partial charge in [0.2, 0.25) is 5.28 Å². The van der Waals surface area contributed by atoms with E-state index in [0.717, 1.165) is 0 Å². The SMILES string of the molecule is COC(=O)C(C)NP(=O)(O)C[C@]12C[C@@H]1[C@@H](n1cnc3c(N)nc(Cl)nc31)[C@H](O)[C@@H]2O. The lowest BCUT2D eigenvalue weighted by atomic mass is 10.0. The predicted octanol–water partition coefficient (Wildman–Crippen LogP) is -0.319. The Morgan fingerprint density at radius 3 is 2.90 bits per heavy atom. The summed E-state index contributed by atoms with van der Waals surface area (Å²) in [5.41, 5.74) is 5.45. The summed E-state index contributed by atoms with van der Waals surface area (Å²) < 4.78 is 18.9. The van der Waals surface area contributed by atoms with Gasteiger partial charge in [-0.3, -0.25) is 9.36 Å². The number of ether oxygens (including phenoxy) is 1. The second kappa shape index (κ2) is 7.11. The highest BCUT2D eigenvalue weighted by atomic mass is 35.5. The average molecular weight is 461 g/mol. The number of aliphatic hydroxyl groups excluding tert-OH is 2. The van der Waals surface area contributed by atoms with Gasteiger partial charge in [0.1, 0.15) is 17.7 Å². The van der Waals surface area contributed by atoms with Crippen molar-refractivity contribution < 1.29 is 29.2 Å². The highest BCUT2D eigenvalue weighted by Gasteiger charge is 2.72. The number of nitrogens with two attached hydrogens (primary N) is 1. The van der Waals surface area contributed by atoms with Crippen molar-refractivity contribution in [3.63, 3.8) is 0 Å². The molecule has 2 aromatic heterocycles. The van der Waals surface area contributed by atoms with E-state index >= 15 is 0 Å². The van der Waals surface area contributed by atoms with E-state index in [1.54, 1.807) is 4.57 Å². The number of imidazole rings is 1. The molecule has 30 heavy (non-hydrogen) atoms. The van der Waals surface area contributed by atoms with Crippen LogP contribution >= 0.6 is 19.1 Å². The Morgan fingerprint density at radius 1 is 1.53 bits per heavy atom. The molecule has 2 fully saturated rings. The molecule has 2 aliphatic carbocycles. The van der Waals surface area contributed by atoms with Crippen LogP contribution in [0.4, 0.5) is 5.82 Å². The quantitative estimate of drug-likeness (QED) is 0.216. The molecule has 12 nitrogen and oxygen atoms in total. The third kappa shape index (κ3) is 3.28. The average Bonchev–Trinajstić information content (AvgIpc) is 3.12. The second-order valence-corrected chi connectivity index (χ2v) is 10.2. The van der Waals surface area contributed by atoms with Crippen LogP contribution in [0.1, 0.15) is 19.4 Å². The van der Waals surface area contributed by atoms with E-state index < -0.39 is 43.2 Å². The number of aliphatic hydroxyl groups is 2. The summed E-state index contributed by atoms with van der Waals surface area (Å²) in [4.78, 5) is 34.1. The minimum absolute atomic E-state index is 0.0831. The topological polar surface area (TPSA) is 186 Å². The Hall–Kier alpha value is -1.82. The third-order valence-corrected chi connectivity index (χ3v) is 8.03. The molecule has 0 saturated heterocycles. The van der Waals surface area contributed by atoms with Crippen molar-refractivity contribution in [3.8, 4) is 0 Å². The highest BCUT2D eigenvalue weighted by molar-refractivity contribution is 7.56. The highest BCUT2D eigenvalue weighted by Crippen LogP contribution is 2.71. The molecule has 0 bridgehead atoms. The maximum absolute atomic E-state index is 12.7. The molecular formula is C16H22ClN6O6P. The summed E-state index contributed by atoms with van der Waals surface area (Å²) in [6.45, 7) is 1.41. The summed E-state index contributed by atoms with van der Waals surface area (Å²) in [5, 5.41) is 23.8. The molecule has 4 rings (SSSR count). The van der Waals surface area contributed by atoms with Crippen LogP contribution in [-0.4, -0.2) is 72.1 Å². The third-order valence-electron chi connectivity index (χ3n) is 6.05. The maximum Gasteiger partial charge on any atom is 0.323 e. The van der Waals surface area contributed by atoms with Crippen molar-refractivity contribution in [2.24, 2.45) is 11.3 Å². The van der Waals surface area contributed by atoms with Crippen molar-refractivity contribution in [1.29, 1.82) is 0 Å². The zero-order valence-electron chi connectivity index (χ0n) is 16.1. The summed E-state index contributed by atoms with van der Waals surface area (Å²) in [7, 11) is -2.85. The molecule has 0 amide bonds. The first kappa shape index (κ1) is 21.4. The van der Waals surface area contributed by atoms with Crippen molar-refractivity contribution in [1.82, 2.24) is 24.6 Å². The number of halogens is 1. The largest absolute Gasteiger partial charge is 0.468 e. The van der Waals surface area contributed by atoms with Crippen LogP contribution in [0, 0.1) is 11.3 Å². The molecule has 0 radical (unpaired) electrons. The summed E-state index contributed by atoms with van der Waals surface area (Å²) >= 11 is 5.90. The van der Waals surface area contributed by atoms with E-state index in [0.29, 0.717) is 17.6 Å². The maximum atomic E-state index is 12.7. The van der Waals surface area contributed by atoms with E-state index in [4.69, 9.17) is 17.3 Å². The first-order chi connectivity index (χ1) is 14.0. The number of methoxy groups -OCH3 is 1. The van der Waals surface area contributed by atoms with E-state index in [9.17, 15) is 24.5 Å². The fourth-order valence-corrected chi connectivity index (χ4v) is 6.98. The molecule has 0 spiro atoms. The van der Waals surface area contributed by atoms with Crippen LogP contribution in [0.3, 0.4) is 0 Å². The van der Waals surface area contributed by atoms with Crippen molar-refractivity contribution in [2.45, 2.75) is 37.6 Å². The molecule has 164 valence electrons. The van der Waals surface area contributed by atoms with Crippen molar-refractivity contribution in [2.75, 3.05) is 19.0 Å². The molecule has 6 N–H and O–H groups in total. The molecule has 2 aromatic rings. The molecule has 2 aliphatic rings. The van der Waals surface area contributed by atoms with Gasteiger partial charge < -0.3 is 30.1 Å². The van der Waals surface area contributed by atoms with Gasteiger partial charge in [-0.2, -0.15) is 9.97 Å². The molecule has 2 unspecified atom stereocenters. The predicted molar refractivity (Wildman–Crippen MR) is 106 cm³/mol. The van der Waals surface area contributed by atoms with Gasteiger partial charge >= 0.3 is 5.97 Å². The summed E-state index contributed by atoms with van der Waals surface area (Å²) in [6.07, 6.45) is -0.963. The lowest BCUT2D eigenvalue weighted by Crippen LogP contribution is -2.38. The van der Waals surface area contributed by atoms with Gasteiger partial charge in [0.05, 0.1) is 25.6 Å². The van der Waals surface area contributed by atoms with Crippen LogP contribution in [-0.2, 0) is 14.1 Å². The number of nitrogen functional groups attached to an aromatic ring is 1. The minimum atomic E-state index is -4.03. The lowest BCUT2D eigenvalue weighted by Gasteiger charge is -2.26.